The van der Waals surface area contributed by atoms with Gasteiger partial charge in [-0.05, 0) is 30.6 Å². The Morgan fingerprint density at radius 1 is 1.32 bits per heavy atom. The third kappa shape index (κ3) is 6.42. The van der Waals surface area contributed by atoms with Crippen LogP contribution >= 0.6 is 0 Å². The Hall–Kier alpha value is -0.570. The van der Waals surface area contributed by atoms with Gasteiger partial charge in [0.15, 0.2) is 0 Å². The van der Waals surface area contributed by atoms with Crippen molar-refractivity contribution in [1.82, 2.24) is 4.90 Å². The second kappa shape index (κ2) is 7.28. The minimum atomic E-state index is 0.000801. The number of carbonyl (C=O) groups excluding carboxylic acids is 1. The minimum absolute atomic E-state index is 0.000801. The van der Waals surface area contributed by atoms with E-state index in [2.05, 4.69) is 27.7 Å². The molecule has 0 aromatic heterocycles. The van der Waals surface area contributed by atoms with E-state index >= 15 is 0 Å². The molecule has 0 saturated carbocycles. The number of likely N-dealkylation sites (tertiary alicyclic amines) is 1. The zero-order valence-corrected chi connectivity index (χ0v) is 13.2. The van der Waals surface area contributed by atoms with E-state index < -0.39 is 0 Å². The van der Waals surface area contributed by atoms with Crippen molar-refractivity contribution < 1.29 is 4.79 Å². The number of hydrogen-bond acceptors (Lipinski definition) is 2. The lowest BCUT2D eigenvalue weighted by Crippen LogP contribution is -2.41. The fourth-order valence-corrected chi connectivity index (χ4v) is 3.09. The molecule has 1 aliphatic rings. The first kappa shape index (κ1) is 16.5. The lowest BCUT2D eigenvalue weighted by atomic mass is 9.87. The van der Waals surface area contributed by atoms with Gasteiger partial charge in [-0.3, -0.25) is 4.79 Å². The molecule has 1 amide bonds. The van der Waals surface area contributed by atoms with Crippen molar-refractivity contribution in [3.63, 3.8) is 0 Å². The highest BCUT2D eigenvalue weighted by Gasteiger charge is 2.24. The van der Waals surface area contributed by atoms with Crippen LogP contribution in [0.3, 0.4) is 0 Å². The van der Waals surface area contributed by atoms with E-state index in [0.29, 0.717) is 6.42 Å². The highest BCUT2D eigenvalue weighted by atomic mass is 16.2. The van der Waals surface area contributed by atoms with Crippen molar-refractivity contribution in [2.75, 3.05) is 13.1 Å². The molecule has 1 aliphatic heterocycles. The third-order valence-corrected chi connectivity index (χ3v) is 3.98. The highest BCUT2D eigenvalue weighted by molar-refractivity contribution is 5.76. The van der Waals surface area contributed by atoms with E-state index in [1.165, 1.54) is 25.7 Å². The maximum absolute atomic E-state index is 12.2. The number of carbonyl (C=O) groups is 1. The van der Waals surface area contributed by atoms with Crippen molar-refractivity contribution in [3.05, 3.63) is 0 Å². The fraction of sp³-hybridized carbons (Fsp3) is 0.938. The van der Waals surface area contributed by atoms with Crippen LogP contribution in [-0.4, -0.2) is 29.9 Å². The van der Waals surface area contributed by atoms with Gasteiger partial charge in [-0.1, -0.05) is 40.5 Å². The molecule has 1 rings (SSSR count). The van der Waals surface area contributed by atoms with Gasteiger partial charge in [0.2, 0.25) is 5.91 Å². The molecule has 1 atom stereocenters. The van der Waals surface area contributed by atoms with Crippen LogP contribution in [0.25, 0.3) is 0 Å². The predicted octanol–water partition coefficient (Wildman–Crippen LogP) is 3.18. The molecule has 0 aromatic rings. The van der Waals surface area contributed by atoms with Gasteiger partial charge < -0.3 is 10.6 Å². The molecular formula is C16H32N2O. The van der Waals surface area contributed by atoms with Gasteiger partial charge in [0.25, 0.3) is 0 Å². The molecule has 19 heavy (non-hydrogen) atoms. The maximum Gasteiger partial charge on any atom is 0.224 e. The summed E-state index contributed by atoms with van der Waals surface area (Å²) in [6, 6.07) is 0.000801. The molecule has 0 radical (unpaired) electrons. The van der Waals surface area contributed by atoms with Crippen LogP contribution in [-0.2, 0) is 4.79 Å². The van der Waals surface area contributed by atoms with Gasteiger partial charge in [0, 0.05) is 25.6 Å². The Balaban J connectivity index is 2.31. The van der Waals surface area contributed by atoms with Crippen LogP contribution in [0.1, 0.15) is 66.2 Å². The maximum atomic E-state index is 12.2. The third-order valence-electron chi connectivity index (χ3n) is 3.98. The van der Waals surface area contributed by atoms with E-state index in [1.54, 1.807) is 0 Å². The van der Waals surface area contributed by atoms with E-state index in [4.69, 9.17) is 5.73 Å². The molecule has 112 valence electrons. The smallest absolute Gasteiger partial charge is 0.224 e. The normalized spacial score (nSPS) is 19.5. The quantitative estimate of drug-likeness (QED) is 0.832. The van der Waals surface area contributed by atoms with Crippen LogP contribution in [0.2, 0.25) is 0 Å². The van der Waals surface area contributed by atoms with Crippen LogP contribution in [0.15, 0.2) is 0 Å². The summed E-state index contributed by atoms with van der Waals surface area (Å²) in [6.07, 6.45) is 6.34. The Kier molecular flexibility index (Phi) is 6.31. The second-order valence-corrected chi connectivity index (χ2v) is 7.34. The summed E-state index contributed by atoms with van der Waals surface area (Å²) < 4.78 is 0. The fourth-order valence-electron chi connectivity index (χ4n) is 3.09. The first-order valence-corrected chi connectivity index (χ1v) is 7.85. The summed E-state index contributed by atoms with van der Waals surface area (Å²) >= 11 is 0. The van der Waals surface area contributed by atoms with Gasteiger partial charge in [-0.15, -0.1) is 0 Å². The summed E-state index contributed by atoms with van der Waals surface area (Å²) in [6.45, 7) is 10.6. The Labute approximate surface area is 118 Å². The average Bonchev–Trinajstić information content (AvgIpc) is 2.27. The molecule has 1 fully saturated rings. The molecule has 3 nitrogen and oxygen atoms in total. The average molecular weight is 268 g/mol. The largest absolute Gasteiger partial charge is 0.343 e. The Morgan fingerprint density at radius 3 is 2.37 bits per heavy atom. The molecule has 1 saturated heterocycles. The number of hydrogen-bond donors (Lipinski definition) is 1. The highest BCUT2D eigenvalue weighted by Crippen LogP contribution is 2.24. The molecular weight excluding hydrogens is 236 g/mol. The number of rotatable bonds is 5. The summed E-state index contributed by atoms with van der Waals surface area (Å²) in [5.74, 6) is 1.09. The van der Waals surface area contributed by atoms with Gasteiger partial charge >= 0.3 is 0 Å². The van der Waals surface area contributed by atoms with E-state index in [1.807, 2.05) is 4.90 Å². The van der Waals surface area contributed by atoms with Crippen molar-refractivity contribution in [3.8, 4) is 0 Å². The molecule has 3 heteroatoms. The Bertz CT molecular complexity index is 275. The van der Waals surface area contributed by atoms with Gasteiger partial charge in [-0.25, -0.2) is 0 Å². The van der Waals surface area contributed by atoms with Gasteiger partial charge in [-0.2, -0.15) is 0 Å². The van der Waals surface area contributed by atoms with Crippen LogP contribution in [0.4, 0.5) is 0 Å². The zero-order chi connectivity index (χ0) is 14.5. The molecule has 0 aromatic carbocycles. The van der Waals surface area contributed by atoms with Crippen LogP contribution < -0.4 is 5.73 Å². The predicted molar refractivity (Wildman–Crippen MR) is 80.9 cm³/mol. The number of nitrogens with zero attached hydrogens (tertiary/aromatic N) is 1. The lowest BCUT2D eigenvalue weighted by molar-refractivity contribution is -0.133. The monoisotopic (exact) mass is 268 g/mol. The molecule has 0 bridgehead atoms. The van der Waals surface area contributed by atoms with Crippen LogP contribution in [0, 0.1) is 11.3 Å². The topological polar surface area (TPSA) is 46.3 Å². The molecule has 1 heterocycles. The van der Waals surface area contributed by atoms with Crippen molar-refractivity contribution >= 4 is 5.91 Å². The van der Waals surface area contributed by atoms with E-state index in [0.717, 1.165) is 25.4 Å². The second-order valence-electron chi connectivity index (χ2n) is 7.34. The molecule has 1 unspecified atom stereocenters. The number of nitrogens with two attached hydrogens (primary N) is 1. The van der Waals surface area contributed by atoms with E-state index in [-0.39, 0.29) is 17.4 Å². The van der Waals surface area contributed by atoms with Crippen molar-refractivity contribution in [2.45, 2.75) is 72.3 Å². The van der Waals surface area contributed by atoms with Crippen LogP contribution in [0.5, 0.6) is 0 Å². The van der Waals surface area contributed by atoms with E-state index in [9.17, 15) is 4.79 Å². The van der Waals surface area contributed by atoms with Gasteiger partial charge in [0.1, 0.15) is 0 Å². The summed E-state index contributed by atoms with van der Waals surface area (Å²) in [5, 5.41) is 0. The summed E-state index contributed by atoms with van der Waals surface area (Å²) in [4.78, 5) is 14.2. The standard InChI is InChI=1S/C16H32N2O/c1-5-6-13-7-9-18(10-8-13)15(19)11-14(17)12-16(2,3)4/h13-14H,5-12,17H2,1-4H3. The first-order valence-electron chi connectivity index (χ1n) is 7.85. The molecule has 0 spiro atoms. The Morgan fingerprint density at radius 2 is 1.89 bits per heavy atom. The summed E-state index contributed by atoms with van der Waals surface area (Å²) in [5.41, 5.74) is 6.30. The SMILES string of the molecule is CCCC1CCN(C(=O)CC(N)CC(C)(C)C)CC1. The minimum Gasteiger partial charge on any atom is -0.343 e. The van der Waals surface area contributed by atoms with Crippen molar-refractivity contribution in [1.29, 1.82) is 0 Å². The number of amides is 1. The number of piperidine rings is 1. The molecule has 2 N–H and O–H groups in total. The first-order chi connectivity index (χ1) is 8.81. The van der Waals surface area contributed by atoms with Gasteiger partial charge in [0.05, 0.1) is 0 Å². The molecule has 0 aliphatic carbocycles. The zero-order valence-electron chi connectivity index (χ0n) is 13.2. The van der Waals surface area contributed by atoms with Crippen molar-refractivity contribution in [2.24, 2.45) is 17.1 Å². The lowest BCUT2D eigenvalue weighted by Gasteiger charge is -2.33. The summed E-state index contributed by atoms with van der Waals surface area (Å²) in [7, 11) is 0.